The molecule has 0 saturated carbocycles. The van der Waals surface area contributed by atoms with Gasteiger partial charge in [0.15, 0.2) is 9.84 Å². The number of amidine groups is 1. The molecule has 0 aliphatic carbocycles. The number of hydrogen-bond acceptors (Lipinski definition) is 4. The van der Waals surface area contributed by atoms with Crippen LogP contribution >= 0.6 is 0 Å². The molecule has 0 atom stereocenters. The number of hydrogen-bond donors (Lipinski definition) is 2. The molecule has 0 aliphatic heterocycles. The number of nitrogen functional groups attached to an aromatic ring is 1. The first-order valence-electron chi connectivity index (χ1n) is 6.58. The highest BCUT2D eigenvalue weighted by Gasteiger charge is 2.15. The van der Waals surface area contributed by atoms with E-state index >= 15 is 0 Å². The number of nitrogens with zero attached hydrogens (tertiary/aromatic N) is 1. The zero-order valence-electron chi connectivity index (χ0n) is 12.3. The Morgan fingerprint density at radius 1 is 1.30 bits per heavy atom. The van der Waals surface area contributed by atoms with Gasteiger partial charge in [0.2, 0.25) is 0 Å². The standard InChI is InChI=1S/C14H23N3O2S/c1-11(2)10-17(3)8-9-20(18,19)13-6-4-12(5-7-13)14(15)16/h4-7,11H,8-10H2,1-3H3,(H3,15,16). The lowest BCUT2D eigenvalue weighted by Crippen LogP contribution is -2.29. The Kier molecular flexibility index (Phi) is 5.71. The van der Waals surface area contributed by atoms with Crippen LogP contribution in [-0.2, 0) is 9.84 Å². The number of sulfone groups is 1. The number of benzene rings is 1. The quantitative estimate of drug-likeness (QED) is 0.587. The van der Waals surface area contributed by atoms with Crippen molar-refractivity contribution in [2.45, 2.75) is 18.7 Å². The summed E-state index contributed by atoms with van der Waals surface area (Å²) in [7, 11) is -1.36. The van der Waals surface area contributed by atoms with Gasteiger partial charge < -0.3 is 10.6 Å². The van der Waals surface area contributed by atoms with Crippen molar-refractivity contribution in [3.8, 4) is 0 Å². The minimum absolute atomic E-state index is 0.0642. The molecule has 0 fully saturated rings. The van der Waals surface area contributed by atoms with Crippen molar-refractivity contribution in [2.24, 2.45) is 11.7 Å². The predicted octanol–water partition coefficient (Wildman–Crippen LogP) is 1.33. The first-order valence-corrected chi connectivity index (χ1v) is 8.23. The van der Waals surface area contributed by atoms with Crippen LogP contribution in [0.25, 0.3) is 0 Å². The summed E-state index contributed by atoms with van der Waals surface area (Å²) >= 11 is 0. The van der Waals surface area contributed by atoms with Gasteiger partial charge in [-0.2, -0.15) is 0 Å². The van der Waals surface area contributed by atoms with Crippen LogP contribution in [0.1, 0.15) is 19.4 Å². The number of rotatable bonds is 7. The summed E-state index contributed by atoms with van der Waals surface area (Å²) in [5.74, 6) is 0.540. The van der Waals surface area contributed by atoms with Gasteiger partial charge in [0, 0.05) is 18.7 Å². The van der Waals surface area contributed by atoms with Crippen LogP contribution in [0.15, 0.2) is 29.2 Å². The Hall–Kier alpha value is -1.40. The van der Waals surface area contributed by atoms with Gasteiger partial charge in [0.1, 0.15) is 5.84 Å². The second-order valence-corrected chi connectivity index (χ2v) is 7.52. The van der Waals surface area contributed by atoms with Crippen molar-refractivity contribution in [1.29, 1.82) is 5.41 Å². The van der Waals surface area contributed by atoms with Crippen LogP contribution < -0.4 is 5.73 Å². The molecule has 6 heteroatoms. The molecule has 0 heterocycles. The van der Waals surface area contributed by atoms with E-state index in [0.717, 1.165) is 6.54 Å². The summed E-state index contributed by atoms with van der Waals surface area (Å²) in [5, 5.41) is 7.29. The van der Waals surface area contributed by atoms with Crippen LogP contribution in [0.4, 0.5) is 0 Å². The van der Waals surface area contributed by atoms with Crippen molar-refractivity contribution in [1.82, 2.24) is 4.90 Å². The Balaban J connectivity index is 2.71. The maximum absolute atomic E-state index is 12.2. The fourth-order valence-corrected chi connectivity index (χ4v) is 3.29. The second kappa shape index (κ2) is 6.85. The van der Waals surface area contributed by atoms with E-state index in [-0.39, 0.29) is 16.5 Å². The molecule has 0 aromatic heterocycles. The molecule has 1 aromatic rings. The van der Waals surface area contributed by atoms with Gasteiger partial charge in [-0.25, -0.2) is 8.42 Å². The lowest BCUT2D eigenvalue weighted by atomic mass is 10.2. The molecule has 0 amide bonds. The lowest BCUT2D eigenvalue weighted by Gasteiger charge is -2.18. The molecular weight excluding hydrogens is 274 g/mol. The van der Waals surface area contributed by atoms with E-state index in [2.05, 4.69) is 13.8 Å². The first kappa shape index (κ1) is 16.7. The lowest BCUT2D eigenvalue weighted by molar-refractivity contribution is 0.311. The van der Waals surface area contributed by atoms with E-state index in [4.69, 9.17) is 11.1 Å². The van der Waals surface area contributed by atoms with E-state index in [1.165, 1.54) is 12.1 Å². The molecule has 3 N–H and O–H groups in total. The predicted molar refractivity (Wildman–Crippen MR) is 81.8 cm³/mol. The van der Waals surface area contributed by atoms with Crippen LogP contribution in [0.5, 0.6) is 0 Å². The van der Waals surface area contributed by atoms with Gasteiger partial charge in [-0.05, 0) is 25.1 Å². The third-order valence-electron chi connectivity index (χ3n) is 2.94. The Labute approximate surface area is 121 Å². The molecule has 112 valence electrons. The average Bonchev–Trinajstić information content (AvgIpc) is 2.36. The Morgan fingerprint density at radius 3 is 2.30 bits per heavy atom. The molecule has 0 aliphatic rings. The summed E-state index contributed by atoms with van der Waals surface area (Å²) in [5.41, 5.74) is 5.87. The van der Waals surface area contributed by atoms with Gasteiger partial charge >= 0.3 is 0 Å². The highest BCUT2D eigenvalue weighted by molar-refractivity contribution is 7.91. The second-order valence-electron chi connectivity index (χ2n) is 5.41. The molecule has 1 aromatic carbocycles. The summed E-state index contributed by atoms with van der Waals surface area (Å²) < 4.78 is 24.4. The van der Waals surface area contributed by atoms with Crippen molar-refractivity contribution in [2.75, 3.05) is 25.9 Å². The molecule has 5 nitrogen and oxygen atoms in total. The summed E-state index contributed by atoms with van der Waals surface area (Å²) in [4.78, 5) is 2.30. The SMILES string of the molecule is CC(C)CN(C)CCS(=O)(=O)c1ccc(C(=N)N)cc1. The van der Waals surface area contributed by atoms with Gasteiger partial charge in [-0.15, -0.1) is 0 Å². The normalized spacial score (nSPS) is 12.1. The molecular formula is C14H23N3O2S. The highest BCUT2D eigenvalue weighted by Crippen LogP contribution is 2.12. The van der Waals surface area contributed by atoms with E-state index in [1.54, 1.807) is 12.1 Å². The summed E-state index contributed by atoms with van der Waals surface area (Å²) in [6.45, 7) is 5.59. The van der Waals surface area contributed by atoms with E-state index in [0.29, 0.717) is 18.0 Å². The smallest absolute Gasteiger partial charge is 0.179 e. The highest BCUT2D eigenvalue weighted by atomic mass is 32.2. The van der Waals surface area contributed by atoms with Crippen LogP contribution in [0, 0.1) is 11.3 Å². The zero-order valence-corrected chi connectivity index (χ0v) is 13.1. The molecule has 0 bridgehead atoms. The third kappa shape index (κ3) is 4.94. The largest absolute Gasteiger partial charge is 0.384 e. The molecule has 0 radical (unpaired) electrons. The monoisotopic (exact) mass is 297 g/mol. The molecule has 1 rings (SSSR count). The first-order chi connectivity index (χ1) is 9.22. The van der Waals surface area contributed by atoms with Crippen molar-refractivity contribution in [3.63, 3.8) is 0 Å². The van der Waals surface area contributed by atoms with E-state index < -0.39 is 9.84 Å². The van der Waals surface area contributed by atoms with Crippen LogP contribution in [-0.4, -0.2) is 45.0 Å². The van der Waals surface area contributed by atoms with Gasteiger partial charge in [-0.3, -0.25) is 5.41 Å². The fourth-order valence-electron chi connectivity index (χ4n) is 1.95. The summed E-state index contributed by atoms with van der Waals surface area (Å²) in [6.07, 6.45) is 0. The zero-order chi connectivity index (χ0) is 15.3. The van der Waals surface area contributed by atoms with Gasteiger partial charge in [0.05, 0.1) is 10.6 Å². The number of nitrogens with two attached hydrogens (primary N) is 1. The van der Waals surface area contributed by atoms with Crippen molar-refractivity contribution < 1.29 is 8.42 Å². The van der Waals surface area contributed by atoms with Crippen molar-refractivity contribution >= 4 is 15.7 Å². The van der Waals surface area contributed by atoms with Crippen molar-refractivity contribution in [3.05, 3.63) is 29.8 Å². The number of nitrogens with one attached hydrogen (secondary N) is 1. The minimum atomic E-state index is -3.29. The van der Waals surface area contributed by atoms with Crippen LogP contribution in [0.3, 0.4) is 0 Å². The van der Waals surface area contributed by atoms with E-state index in [1.807, 2.05) is 11.9 Å². The summed E-state index contributed by atoms with van der Waals surface area (Å²) in [6, 6.07) is 6.14. The van der Waals surface area contributed by atoms with Gasteiger partial charge in [-0.1, -0.05) is 26.0 Å². The fraction of sp³-hybridized carbons (Fsp3) is 0.500. The van der Waals surface area contributed by atoms with E-state index in [9.17, 15) is 8.42 Å². The molecule has 20 heavy (non-hydrogen) atoms. The average molecular weight is 297 g/mol. The Morgan fingerprint density at radius 2 is 1.85 bits per heavy atom. The minimum Gasteiger partial charge on any atom is -0.384 e. The molecule has 0 unspecified atom stereocenters. The third-order valence-corrected chi connectivity index (χ3v) is 4.65. The topological polar surface area (TPSA) is 87.2 Å². The molecule has 0 saturated heterocycles. The maximum Gasteiger partial charge on any atom is 0.179 e. The van der Waals surface area contributed by atoms with Gasteiger partial charge in [0.25, 0.3) is 0 Å². The van der Waals surface area contributed by atoms with Crippen LogP contribution in [0.2, 0.25) is 0 Å². The Bertz CT molecular complexity index is 550. The molecule has 0 spiro atoms. The maximum atomic E-state index is 12.2.